The molecule has 6 nitrogen and oxygen atoms in total. The van der Waals surface area contributed by atoms with E-state index in [4.69, 9.17) is 0 Å². The number of carbonyl (C=O) groups excluding carboxylic acids is 1. The van der Waals surface area contributed by atoms with Gasteiger partial charge in [0.15, 0.2) is 0 Å². The number of hydrogen-bond donors (Lipinski definition) is 1. The van der Waals surface area contributed by atoms with Gasteiger partial charge in [-0.15, -0.1) is 0 Å². The minimum absolute atomic E-state index is 0.0458. The topological polar surface area (TPSA) is 69.6 Å². The number of nitrogens with zero attached hydrogens (tertiary/aromatic N) is 4. The number of aliphatic hydroxyl groups is 1. The molecule has 2 aromatic rings. The van der Waals surface area contributed by atoms with Gasteiger partial charge in [0.2, 0.25) is 5.91 Å². The average Bonchev–Trinajstić information content (AvgIpc) is 3.10. The molecular weight excluding hydrogens is 426 g/mol. The van der Waals surface area contributed by atoms with E-state index in [-0.39, 0.29) is 40.0 Å². The molecule has 1 N–H and O–H groups in total. The van der Waals surface area contributed by atoms with E-state index in [2.05, 4.69) is 24.0 Å². The molecule has 1 aromatic carbocycles. The summed E-state index contributed by atoms with van der Waals surface area (Å²) in [5.74, 6) is -1.07. The lowest BCUT2D eigenvalue weighted by Crippen LogP contribution is -2.56. The highest BCUT2D eigenvalue weighted by Gasteiger charge is 2.64. The molecule has 2 fully saturated rings. The van der Waals surface area contributed by atoms with Crippen LogP contribution in [0.2, 0.25) is 0 Å². The fourth-order valence-electron chi connectivity index (χ4n) is 6.31. The first kappa shape index (κ1) is 22.3. The second-order valence-electron chi connectivity index (χ2n) is 10.3. The number of benzene rings is 1. The molecule has 2 aliphatic carbocycles. The second kappa shape index (κ2) is 7.81. The van der Waals surface area contributed by atoms with Gasteiger partial charge in [0.05, 0.1) is 29.6 Å². The molecule has 0 radical (unpaired) electrons. The van der Waals surface area contributed by atoms with Gasteiger partial charge in [-0.1, -0.05) is 19.9 Å². The van der Waals surface area contributed by atoms with Crippen LogP contribution in [0.25, 0.3) is 11.3 Å². The fourth-order valence-corrected chi connectivity index (χ4v) is 6.31. The van der Waals surface area contributed by atoms with Crippen LogP contribution in [0, 0.1) is 17.0 Å². The first-order chi connectivity index (χ1) is 15.7. The van der Waals surface area contributed by atoms with Gasteiger partial charge in [-0.05, 0) is 54.9 Å². The van der Waals surface area contributed by atoms with Gasteiger partial charge in [-0.2, -0.15) is 10.2 Å². The Kier molecular flexibility index (Phi) is 5.29. The summed E-state index contributed by atoms with van der Waals surface area (Å²) in [5.41, 5.74) is 1.39. The number of aliphatic hydroxyl groups excluding tert-OH is 1. The average molecular weight is 457 g/mol. The quantitative estimate of drug-likeness (QED) is 0.724. The Balaban J connectivity index is 1.48. The number of fused-ring (bicyclic) bond motifs is 5. The normalized spacial score (nSPS) is 25.7. The van der Waals surface area contributed by atoms with E-state index in [1.54, 1.807) is 6.07 Å². The van der Waals surface area contributed by atoms with Gasteiger partial charge in [0.25, 0.3) is 0 Å². The van der Waals surface area contributed by atoms with Crippen molar-refractivity contribution in [3.05, 3.63) is 47.2 Å². The molecule has 8 heteroatoms. The van der Waals surface area contributed by atoms with Crippen LogP contribution in [-0.4, -0.2) is 69.8 Å². The highest BCUT2D eigenvalue weighted by Crippen LogP contribution is 2.67. The Bertz CT molecular complexity index is 1080. The summed E-state index contributed by atoms with van der Waals surface area (Å²) in [6.07, 6.45) is 1.49. The molecule has 1 saturated heterocycles. The molecule has 2 atom stereocenters. The highest BCUT2D eigenvalue weighted by atomic mass is 19.1. The number of hydrogen-bond acceptors (Lipinski definition) is 5. The number of β-amino-alcohol motifs (C(OH)–C–C–N with tert-alkyl or cyclic N) is 1. The van der Waals surface area contributed by atoms with Crippen molar-refractivity contribution in [1.82, 2.24) is 20.0 Å². The molecule has 5 rings (SSSR count). The van der Waals surface area contributed by atoms with Crippen molar-refractivity contribution < 1.29 is 18.7 Å². The van der Waals surface area contributed by atoms with Crippen molar-refractivity contribution in [2.45, 2.75) is 51.0 Å². The van der Waals surface area contributed by atoms with Crippen LogP contribution in [0.15, 0.2) is 24.3 Å². The SMILES string of the molecule is CCN(C[C@@]12CC[C@@H](c3cc(-c4c(F)cccc4F)nnc31)C2(C)C)C(=O)CN1CC(O)C1. The standard InChI is InChI=1S/C25H30F2N4O2/c1-4-31(21(33)13-30-11-15(32)12-30)14-25-9-8-17(24(25,2)3)16-10-20(28-29-23(16)25)22-18(26)6-5-7-19(22)27/h5-7,10,15,17,32H,4,8-9,11-14H2,1-3H3/t17-,25-/m0/s1. The molecule has 0 unspecified atom stereocenters. The Hall–Kier alpha value is -2.45. The number of amides is 1. The third kappa shape index (κ3) is 3.29. The summed E-state index contributed by atoms with van der Waals surface area (Å²) in [7, 11) is 0. The minimum atomic E-state index is -0.653. The van der Waals surface area contributed by atoms with Gasteiger partial charge in [0.1, 0.15) is 11.6 Å². The predicted octanol–water partition coefficient (Wildman–Crippen LogP) is 3.10. The first-order valence-corrected chi connectivity index (χ1v) is 11.7. The van der Waals surface area contributed by atoms with E-state index in [1.807, 2.05) is 16.7 Å². The molecule has 2 heterocycles. The second-order valence-corrected chi connectivity index (χ2v) is 10.3. The lowest BCUT2D eigenvalue weighted by atomic mass is 9.68. The molecule has 1 saturated carbocycles. The van der Waals surface area contributed by atoms with Crippen LogP contribution in [0.1, 0.15) is 50.8 Å². The van der Waals surface area contributed by atoms with Crippen molar-refractivity contribution in [2.75, 3.05) is 32.7 Å². The molecule has 1 aliphatic heterocycles. The minimum Gasteiger partial charge on any atom is -0.390 e. The summed E-state index contributed by atoms with van der Waals surface area (Å²) in [6.45, 7) is 8.88. The van der Waals surface area contributed by atoms with E-state index >= 15 is 0 Å². The number of rotatable bonds is 6. The van der Waals surface area contributed by atoms with E-state index in [9.17, 15) is 18.7 Å². The molecular formula is C25H30F2N4O2. The maximum absolute atomic E-state index is 14.4. The van der Waals surface area contributed by atoms with Crippen molar-refractivity contribution in [3.8, 4) is 11.3 Å². The zero-order chi connectivity index (χ0) is 23.5. The van der Waals surface area contributed by atoms with Crippen LogP contribution < -0.4 is 0 Å². The summed E-state index contributed by atoms with van der Waals surface area (Å²) >= 11 is 0. The molecule has 3 aliphatic rings. The lowest BCUT2D eigenvalue weighted by Gasteiger charge is -2.42. The summed E-state index contributed by atoms with van der Waals surface area (Å²) < 4.78 is 28.8. The molecule has 0 spiro atoms. The molecule has 1 aromatic heterocycles. The van der Waals surface area contributed by atoms with Gasteiger partial charge >= 0.3 is 0 Å². The van der Waals surface area contributed by atoms with Crippen LogP contribution in [0.3, 0.4) is 0 Å². The Labute approximate surface area is 192 Å². The Morgan fingerprint density at radius 3 is 2.58 bits per heavy atom. The van der Waals surface area contributed by atoms with Crippen LogP contribution in [0.4, 0.5) is 8.78 Å². The van der Waals surface area contributed by atoms with Crippen LogP contribution >= 0.6 is 0 Å². The maximum atomic E-state index is 14.4. The third-order valence-electron chi connectivity index (χ3n) is 8.33. The van der Waals surface area contributed by atoms with Crippen LogP contribution in [-0.2, 0) is 10.2 Å². The number of carbonyl (C=O) groups is 1. The van der Waals surface area contributed by atoms with E-state index in [1.165, 1.54) is 18.2 Å². The number of halogens is 2. The van der Waals surface area contributed by atoms with E-state index in [0.29, 0.717) is 32.7 Å². The summed E-state index contributed by atoms with van der Waals surface area (Å²) in [4.78, 5) is 16.9. The number of likely N-dealkylation sites (tertiary alicyclic amines) is 1. The number of likely N-dealkylation sites (N-methyl/N-ethyl adjacent to an activating group) is 1. The number of aromatic nitrogens is 2. The van der Waals surface area contributed by atoms with Gasteiger partial charge < -0.3 is 10.0 Å². The summed E-state index contributed by atoms with van der Waals surface area (Å²) in [6, 6.07) is 5.60. The van der Waals surface area contributed by atoms with Crippen molar-refractivity contribution in [1.29, 1.82) is 0 Å². The monoisotopic (exact) mass is 456 g/mol. The molecule has 33 heavy (non-hydrogen) atoms. The molecule has 1 amide bonds. The fraction of sp³-hybridized carbons (Fsp3) is 0.560. The van der Waals surface area contributed by atoms with Gasteiger partial charge in [-0.3, -0.25) is 9.69 Å². The zero-order valence-electron chi connectivity index (χ0n) is 19.3. The third-order valence-corrected chi connectivity index (χ3v) is 8.33. The largest absolute Gasteiger partial charge is 0.390 e. The first-order valence-electron chi connectivity index (χ1n) is 11.7. The van der Waals surface area contributed by atoms with E-state index in [0.717, 1.165) is 24.1 Å². The van der Waals surface area contributed by atoms with Gasteiger partial charge in [0, 0.05) is 31.6 Å². The molecule has 2 bridgehead atoms. The highest BCUT2D eigenvalue weighted by molar-refractivity contribution is 5.78. The summed E-state index contributed by atoms with van der Waals surface area (Å²) in [5, 5.41) is 18.3. The predicted molar refractivity (Wildman–Crippen MR) is 120 cm³/mol. The maximum Gasteiger partial charge on any atom is 0.236 e. The van der Waals surface area contributed by atoms with Crippen molar-refractivity contribution in [2.24, 2.45) is 5.41 Å². The Morgan fingerprint density at radius 2 is 1.94 bits per heavy atom. The van der Waals surface area contributed by atoms with Gasteiger partial charge in [-0.25, -0.2) is 8.78 Å². The van der Waals surface area contributed by atoms with Crippen LogP contribution in [0.5, 0.6) is 0 Å². The molecule has 176 valence electrons. The lowest BCUT2D eigenvalue weighted by molar-refractivity contribution is -0.136. The van der Waals surface area contributed by atoms with Crippen molar-refractivity contribution >= 4 is 5.91 Å². The Morgan fingerprint density at radius 1 is 1.24 bits per heavy atom. The van der Waals surface area contributed by atoms with E-state index < -0.39 is 11.6 Å². The smallest absolute Gasteiger partial charge is 0.236 e. The van der Waals surface area contributed by atoms with Crippen molar-refractivity contribution in [3.63, 3.8) is 0 Å². The zero-order valence-corrected chi connectivity index (χ0v) is 19.3.